The van der Waals surface area contributed by atoms with Gasteiger partial charge >= 0.3 is 0 Å². The third-order valence-corrected chi connectivity index (χ3v) is 6.35. The third-order valence-electron chi connectivity index (χ3n) is 5.99. The molecule has 5 aromatic rings. The van der Waals surface area contributed by atoms with E-state index < -0.39 is 23.8 Å². The van der Waals surface area contributed by atoms with Gasteiger partial charge in [0.15, 0.2) is 11.6 Å². The Labute approximate surface area is 201 Å². The molecule has 2 N–H and O–H groups in total. The molecular formula is C23H17ClF2N8O. The Hall–Kier alpha value is -4.12. The number of aromatic amines is 1. The van der Waals surface area contributed by atoms with Crippen LogP contribution in [0.15, 0.2) is 49.2 Å². The third kappa shape index (κ3) is 3.55. The van der Waals surface area contributed by atoms with Crippen LogP contribution in [0.25, 0.3) is 27.7 Å². The molecule has 1 aliphatic carbocycles. The van der Waals surface area contributed by atoms with E-state index in [4.69, 9.17) is 11.6 Å². The van der Waals surface area contributed by atoms with Crippen molar-refractivity contribution in [3.63, 3.8) is 0 Å². The normalized spacial score (nSPS) is 17.1. The van der Waals surface area contributed by atoms with E-state index >= 15 is 4.39 Å². The number of nitrogens with one attached hydrogen (secondary N) is 2. The number of aromatic nitrogens is 6. The van der Waals surface area contributed by atoms with Crippen LogP contribution < -0.4 is 10.2 Å². The molecule has 1 aromatic carbocycles. The molecule has 6 rings (SSSR count). The standard InChI is InChI=1S/C23H17ClF2N8O/c1-33(23-27-5-2-6-28-23)21-19(26)18(24)17(13-8-29-32-20(13)21)11-3-4-16-30-15(10-34(16)9-11)31-22(35)12-7-14(12)25/h2-6,8-10,12,14H,7H2,1H3,(H,29,32)(H,31,35)/t12-,14+/m1/s1. The number of benzene rings is 1. The second kappa shape index (κ2) is 7.98. The molecule has 0 bridgehead atoms. The van der Waals surface area contributed by atoms with Crippen LogP contribution >= 0.6 is 11.6 Å². The number of carbonyl (C=O) groups excluding carboxylic acids is 1. The van der Waals surface area contributed by atoms with Crippen molar-refractivity contribution in [2.45, 2.75) is 12.6 Å². The van der Waals surface area contributed by atoms with E-state index in [9.17, 15) is 9.18 Å². The van der Waals surface area contributed by atoms with Gasteiger partial charge in [0.1, 0.15) is 17.5 Å². The maximum absolute atomic E-state index is 15.7. The van der Waals surface area contributed by atoms with Crippen molar-refractivity contribution in [3.05, 3.63) is 60.0 Å². The number of alkyl halides is 1. The first-order valence-electron chi connectivity index (χ1n) is 10.7. The molecule has 176 valence electrons. The van der Waals surface area contributed by atoms with Crippen molar-refractivity contribution in [1.82, 2.24) is 29.5 Å². The number of hydrogen-bond acceptors (Lipinski definition) is 6. The Balaban J connectivity index is 1.43. The number of rotatable bonds is 5. The Morgan fingerprint density at radius 3 is 2.80 bits per heavy atom. The summed E-state index contributed by atoms with van der Waals surface area (Å²) in [5.41, 5.74) is 2.20. The van der Waals surface area contributed by atoms with Crippen molar-refractivity contribution in [1.29, 1.82) is 0 Å². The summed E-state index contributed by atoms with van der Waals surface area (Å²) < 4.78 is 30.5. The summed E-state index contributed by atoms with van der Waals surface area (Å²) in [6.45, 7) is 0. The van der Waals surface area contributed by atoms with Crippen molar-refractivity contribution in [2.24, 2.45) is 5.92 Å². The van der Waals surface area contributed by atoms with Crippen molar-refractivity contribution >= 4 is 51.5 Å². The van der Waals surface area contributed by atoms with Gasteiger partial charge in [0.2, 0.25) is 11.9 Å². The molecule has 9 nitrogen and oxygen atoms in total. The molecule has 0 unspecified atom stereocenters. The molecule has 4 heterocycles. The lowest BCUT2D eigenvalue weighted by Crippen LogP contribution is -2.15. The second-order valence-corrected chi connectivity index (χ2v) is 8.65. The molecule has 1 fully saturated rings. The molecule has 0 aliphatic heterocycles. The summed E-state index contributed by atoms with van der Waals surface area (Å²) in [4.78, 5) is 26.3. The summed E-state index contributed by atoms with van der Waals surface area (Å²) in [5.74, 6) is -1.07. The number of carbonyl (C=O) groups is 1. The van der Waals surface area contributed by atoms with Gasteiger partial charge in [-0.1, -0.05) is 11.6 Å². The molecule has 0 radical (unpaired) electrons. The summed E-state index contributed by atoms with van der Waals surface area (Å²) in [6, 6.07) is 5.14. The Morgan fingerprint density at radius 2 is 2.06 bits per heavy atom. The predicted octanol–water partition coefficient (Wildman–Crippen LogP) is 4.52. The molecule has 4 aromatic heterocycles. The summed E-state index contributed by atoms with van der Waals surface area (Å²) in [6.07, 6.45) is 7.18. The van der Waals surface area contributed by atoms with Crippen molar-refractivity contribution < 1.29 is 13.6 Å². The van der Waals surface area contributed by atoms with Gasteiger partial charge in [-0.3, -0.25) is 9.89 Å². The Morgan fingerprint density at radius 1 is 1.29 bits per heavy atom. The Kier molecular flexibility index (Phi) is 4.88. The van der Waals surface area contributed by atoms with Crippen LogP contribution in [0.3, 0.4) is 0 Å². The van der Waals surface area contributed by atoms with Crippen LogP contribution in [0, 0.1) is 11.7 Å². The van der Waals surface area contributed by atoms with Crippen LogP contribution in [0.1, 0.15) is 6.42 Å². The molecule has 1 saturated carbocycles. The topological polar surface area (TPSA) is 104 Å². The highest BCUT2D eigenvalue weighted by Gasteiger charge is 2.43. The number of hydrogen-bond donors (Lipinski definition) is 2. The lowest BCUT2D eigenvalue weighted by molar-refractivity contribution is -0.117. The number of pyridine rings is 1. The van der Waals surface area contributed by atoms with E-state index in [2.05, 4.69) is 30.5 Å². The minimum Gasteiger partial charge on any atom is -0.309 e. The van der Waals surface area contributed by atoms with Gasteiger partial charge in [0, 0.05) is 42.2 Å². The molecular weight excluding hydrogens is 478 g/mol. The second-order valence-electron chi connectivity index (χ2n) is 8.27. The predicted molar refractivity (Wildman–Crippen MR) is 127 cm³/mol. The van der Waals surface area contributed by atoms with Crippen LogP contribution in [0.5, 0.6) is 0 Å². The first-order valence-corrected chi connectivity index (χ1v) is 11.1. The fourth-order valence-corrected chi connectivity index (χ4v) is 4.41. The van der Waals surface area contributed by atoms with E-state index in [1.807, 2.05) is 0 Å². The van der Waals surface area contributed by atoms with Crippen LogP contribution in [0.4, 0.5) is 26.2 Å². The molecule has 1 amide bonds. The zero-order chi connectivity index (χ0) is 24.3. The van der Waals surface area contributed by atoms with Gasteiger partial charge in [-0.05, 0) is 24.6 Å². The SMILES string of the molecule is CN(c1ncccn1)c1c(F)c(Cl)c(-c2ccc3nc(NC(=O)[C@@H]4C[C@@H]4F)cn3c2)c2cn[nH]c12. The fourth-order valence-electron chi connectivity index (χ4n) is 4.11. The molecule has 2 atom stereocenters. The highest BCUT2D eigenvalue weighted by atomic mass is 35.5. The average Bonchev–Trinajstić information content (AvgIpc) is 3.22. The van der Waals surface area contributed by atoms with Crippen molar-refractivity contribution in [2.75, 3.05) is 17.3 Å². The number of amides is 1. The largest absolute Gasteiger partial charge is 0.309 e. The van der Waals surface area contributed by atoms with Gasteiger partial charge in [-0.15, -0.1) is 0 Å². The van der Waals surface area contributed by atoms with Gasteiger partial charge in [0.25, 0.3) is 0 Å². The summed E-state index contributed by atoms with van der Waals surface area (Å²) in [5, 5.41) is 10.1. The number of fused-ring (bicyclic) bond motifs is 2. The van der Waals surface area contributed by atoms with Crippen molar-refractivity contribution in [3.8, 4) is 11.1 Å². The van der Waals surface area contributed by atoms with Gasteiger partial charge in [0.05, 0.1) is 28.9 Å². The lowest BCUT2D eigenvalue weighted by atomic mass is 10.0. The number of imidazole rings is 1. The monoisotopic (exact) mass is 494 g/mol. The molecule has 0 spiro atoms. The van der Waals surface area contributed by atoms with Crippen LogP contribution in [0.2, 0.25) is 5.02 Å². The summed E-state index contributed by atoms with van der Waals surface area (Å²) in [7, 11) is 1.64. The first kappa shape index (κ1) is 21.4. The number of nitrogens with zero attached hydrogens (tertiary/aromatic N) is 6. The summed E-state index contributed by atoms with van der Waals surface area (Å²) >= 11 is 6.58. The van der Waals surface area contributed by atoms with E-state index in [1.165, 1.54) is 4.90 Å². The molecule has 35 heavy (non-hydrogen) atoms. The smallest absolute Gasteiger partial charge is 0.231 e. The lowest BCUT2D eigenvalue weighted by Gasteiger charge is -2.20. The van der Waals surface area contributed by atoms with Crippen LogP contribution in [-0.2, 0) is 4.79 Å². The van der Waals surface area contributed by atoms with E-state index in [1.54, 1.807) is 60.6 Å². The molecule has 1 aliphatic rings. The van der Waals surface area contributed by atoms with Gasteiger partial charge in [-0.25, -0.2) is 23.7 Å². The highest BCUT2D eigenvalue weighted by molar-refractivity contribution is 6.36. The van der Waals surface area contributed by atoms with Crippen LogP contribution in [-0.4, -0.2) is 48.7 Å². The number of halogens is 3. The minimum absolute atomic E-state index is 0.0904. The quantitative estimate of drug-likeness (QED) is 0.372. The van der Waals surface area contributed by atoms with E-state index in [-0.39, 0.29) is 17.1 Å². The highest BCUT2D eigenvalue weighted by Crippen LogP contribution is 2.43. The maximum Gasteiger partial charge on any atom is 0.231 e. The van der Waals surface area contributed by atoms with E-state index in [0.717, 1.165) is 0 Å². The molecule has 12 heteroatoms. The van der Waals surface area contributed by atoms with E-state index in [0.29, 0.717) is 39.4 Å². The molecule has 0 saturated heterocycles. The zero-order valence-corrected chi connectivity index (χ0v) is 19.0. The van der Waals surface area contributed by atoms with Gasteiger partial charge < -0.3 is 14.6 Å². The maximum atomic E-state index is 15.7. The number of anilines is 3. The first-order chi connectivity index (χ1) is 16.9. The Bertz CT molecular complexity index is 1600. The zero-order valence-electron chi connectivity index (χ0n) is 18.2. The minimum atomic E-state index is -1.09. The fraction of sp³-hybridized carbons (Fsp3) is 0.174. The van der Waals surface area contributed by atoms with Gasteiger partial charge in [-0.2, -0.15) is 5.10 Å². The number of H-pyrrole nitrogens is 1. The average molecular weight is 495 g/mol.